The van der Waals surface area contributed by atoms with Crippen LogP contribution in [-0.4, -0.2) is 32.3 Å². The summed E-state index contributed by atoms with van der Waals surface area (Å²) in [6.45, 7) is 4.25. The summed E-state index contributed by atoms with van der Waals surface area (Å²) >= 11 is 2.20. The zero-order valence-electron chi connectivity index (χ0n) is 18.1. The Bertz CT molecular complexity index is 1190. The van der Waals surface area contributed by atoms with Crippen LogP contribution in [0, 0.1) is 10.5 Å². The molecule has 0 aliphatic heterocycles. The zero-order chi connectivity index (χ0) is 23.3. The number of nitrogens with one attached hydrogen (secondary N) is 1. The van der Waals surface area contributed by atoms with Crippen LogP contribution in [0.4, 0.5) is 5.69 Å². The van der Waals surface area contributed by atoms with Gasteiger partial charge in [0.1, 0.15) is 5.75 Å². The molecule has 8 heteroatoms. The summed E-state index contributed by atoms with van der Waals surface area (Å²) in [6.07, 6.45) is 0. The second kappa shape index (κ2) is 10.5. The van der Waals surface area contributed by atoms with E-state index in [1.165, 1.54) is 11.4 Å². The Balaban J connectivity index is 1.86. The van der Waals surface area contributed by atoms with Gasteiger partial charge in [0.25, 0.3) is 5.91 Å². The summed E-state index contributed by atoms with van der Waals surface area (Å²) in [5.74, 6) is 0.267. The van der Waals surface area contributed by atoms with Gasteiger partial charge in [-0.15, -0.1) is 0 Å². The van der Waals surface area contributed by atoms with Crippen LogP contribution in [0.5, 0.6) is 5.75 Å². The number of amides is 1. The first-order valence-electron chi connectivity index (χ1n) is 10.1. The van der Waals surface area contributed by atoms with E-state index in [1.54, 1.807) is 42.5 Å². The van der Waals surface area contributed by atoms with E-state index in [4.69, 9.17) is 4.74 Å². The average molecular weight is 564 g/mol. The Morgan fingerprint density at radius 2 is 1.69 bits per heavy atom. The van der Waals surface area contributed by atoms with Crippen LogP contribution in [-0.2, 0) is 16.6 Å². The molecule has 0 spiro atoms. The minimum Gasteiger partial charge on any atom is -0.494 e. The molecule has 0 unspecified atom stereocenters. The summed E-state index contributed by atoms with van der Waals surface area (Å²) in [5, 5.41) is 2.86. The van der Waals surface area contributed by atoms with Gasteiger partial charge < -0.3 is 10.1 Å². The van der Waals surface area contributed by atoms with Crippen LogP contribution in [0.3, 0.4) is 0 Å². The molecule has 0 fully saturated rings. The third kappa shape index (κ3) is 5.87. The number of rotatable bonds is 8. The second-order valence-corrected chi connectivity index (χ2v) is 10.6. The molecule has 0 aromatic heterocycles. The largest absolute Gasteiger partial charge is 0.494 e. The molecule has 0 heterocycles. The predicted molar refractivity (Wildman–Crippen MR) is 135 cm³/mol. The lowest BCUT2D eigenvalue weighted by Gasteiger charge is -2.20. The average Bonchev–Trinajstić information content (AvgIpc) is 2.77. The van der Waals surface area contributed by atoms with Crippen molar-refractivity contribution in [3.63, 3.8) is 0 Å². The quantitative estimate of drug-likeness (QED) is 0.388. The van der Waals surface area contributed by atoms with Gasteiger partial charge in [0, 0.05) is 34.0 Å². The highest BCUT2D eigenvalue weighted by Crippen LogP contribution is 2.25. The van der Waals surface area contributed by atoms with E-state index in [0.717, 1.165) is 9.13 Å². The van der Waals surface area contributed by atoms with Crippen molar-refractivity contribution in [1.82, 2.24) is 4.31 Å². The van der Waals surface area contributed by atoms with Crippen molar-refractivity contribution in [2.24, 2.45) is 0 Å². The molecule has 1 N–H and O–H groups in total. The smallest absolute Gasteiger partial charge is 0.255 e. The first kappa shape index (κ1) is 24.2. The van der Waals surface area contributed by atoms with Gasteiger partial charge in [0.05, 0.1) is 11.5 Å². The number of carbonyl (C=O) groups is 1. The first-order valence-corrected chi connectivity index (χ1v) is 12.6. The highest BCUT2D eigenvalue weighted by Gasteiger charge is 2.22. The molecule has 3 aromatic carbocycles. The van der Waals surface area contributed by atoms with Crippen LogP contribution in [0.2, 0.25) is 0 Å². The van der Waals surface area contributed by atoms with Crippen molar-refractivity contribution < 1.29 is 17.9 Å². The number of benzene rings is 3. The van der Waals surface area contributed by atoms with Crippen LogP contribution < -0.4 is 10.1 Å². The fourth-order valence-corrected chi connectivity index (χ4v) is 4.60. The summed E-state index contributed by atoms with van der Waals surface area (Å²) in [6, 6.07) is 19.2. The van der Waals surface area contributed by atoms with E-state index in [2.05, 4.69) is 27.9 Å². The molecule has 0 aliphatic carbocycles. The number of aryl methyl sites for hydroxylation is 1. The fraction of sp³-hybridized carbons (Fsp3) is 0.208. The maximum atomic E-state index is 13.0. The Labute approximate surface area is 202 Å². The molecule has 32 heavy (non-hydrogen) atoms. The molecule has 0 saturated heterocycles. The predicted octanol–water partition coefficient (Wildman–Crippen LogP) is 5.07. The molecular formula is C24H25IN2O4S. The van der Waals surface area contributed by atoms with Gasteiger partial charge in [0.15, 0.2) is 0 Å². The van der Waals surface area contributed by atoms with E-state index in [9.17, 15) is 13.2 Å². The number of carbonyl (C=O) groups excluding carboxylic acids is 1. The molecule has 0 radical (unpaired) electrons. The van der Waals surface area contributed by atoms with Crippen molar-refractivity contribution >= 4 is 44.2 Å². The Morgan fingerprint density at radius 1 is 1.03 bits per heavy atom. The highest BCUT2D eigenvalue weighted by molar-refractivity contribution is 14.1. The Hall–Kier alpha value is -2.43. The summed E-state index contributed by atoms with van der Waals surface area (Å²) in [7, 11) is -2.18. The molecule has 0 atom stereocenters. The van der Waals surface area contributed by atoms with Crippen molar-refractivity contribution in [1.29, 1.82) is 0 Å². The normalized spacial score (nSPS) is 11.4. The number of sulfonamides is 1. The lowest BCUT2D eigenvalue weighted by atomic mass is 10.1. The van der Waals surface area contributed by atoms with Gasteiger partial charge in [0.2, 0.25) is 10.0 Å². The molecule has 1 amide bonds. The first-order chi connectivity index (χ1) is 15.2. The minimum atomic E-state index is -3.69. The molecular weight excluding hydrogens is 539 g/mol. The van der Waals surface area contributed by atoms with Gasteiger partial charge in [-0.05, 0) is 91.0 Å². The molecule has 0 bridgehead atoms. The van der Waals surface area contributed by atoms with Crippen LogP contribution in [0.1, 0.15) is 28.4 Å². The van der Waals surface area contributed by atoms with E-state index >= 15 is 0 Å². The Morgan fingerprint density at radius 3 is 2.31 bits per heavy atom. The third-order valence-corrected chi connectivity index (χ3v) is 7.38. The molecule has 3 rings (SSSR count). The van der Waals surface area contributed by atoms with Crippen molar-refractivity contribution in [2.45, 2.75) is 25.3 Å². The number of halogens is 1. The summed E-state index contributed by atoms with van der Waals surface area (Å²) in [5.41, 5.74) is 2.70. The van der Waals surface area contributed by atoms with Gasteiger partial charge in [-0.2, -0.15) is 4.31 Å². The SMILES string of the molecule is CCOc1ccc(C(=O)Nc2ccc(I)cc2)cc1CN(C)S(=O)(=O)c1ccc(C)cc1. The number of ether oxygens (including phenoxy) is 1. The topological polar surface area (TPSA) is 75.7 Å². The van der Waals surface area contributed by atoms with Crippen LogP contribution in [0.25, 0.3) is 0 Å². The lowest BCUT2D eigenvalue weighted by molar-refractivity contribution is 0.102. The summed E-state index contributed by atoms with van der Waals surface area (Å²) in [4.78, 5) is 13.0. The number of hydrogen-bond acceptors (Lipinski definition) is 4. The van der Waals surface area contributed by atoms with Crippen LogP contribution in [0.15, 0.2) is 71.6 Å². The number of nitrogens with zero attached hydrogens (tertiary/aromatic N) is 1. The number of hydrogen-bond donors (Lipinski definition) is 1. The second-order valence-electron chi connectivity index (χ2n) is 7.29. The van der Waals surface area contributed by atoms with Gasteiger partial charge in [-0.25, -0.2) is 8.42 Å². The lowest BCUT2D eigenvalue weighted by Crippen LogP contribution is -2.27. The van der Waals surface area contributed by atoms with E-state index in [-0.39, 0.29) is 17.3 Å². The molecule has 0 aliphatic rings. The van der Waals surface area contributed by atoms with Crippen molar-refractivity contribution in [2.75, 3.05) is 19.0 Å². The van der Waals surface area contributed by atoms with E-state index < -0.39 is 10.0 Å². The highest BCUT2D eigenvalue weighted by atomic mass is 127. The van der Waals surface area contributed by atoms with Gasteiger partial charge in [-0.1, -0.05) is 17.7 Å². The van der Waals surface area contributed by atoms with Crippen LogP contribution >= 0.6 is 22.6 Å². The van der Waals surface area contributed by atoms with Gasteiger partial charge in [-0.3, -0.25) is 4.79 Å². The standard InChI is InChI=1S/C24H25IN2O4S/c1-4-31-23-14-7-18(24(28)26-21-10-8-20(25)9-11-21)15-19(23)16-27(3)32(29,30)22-12-5-17(2)6-13-22/h5-15H,4,16H2,1-3H3,(H,26,28). The summed E-state index contributed by atoms with van der Waals surface area (Å²) < 4.78 is 34.0. The molecule has 3 aromatic rings. The monoisotopic (exact) mass is 564 g/mol. The van der Waals surface area contributed by atoms with E-state index in [0.29, 0.717) is 29.2 Å². The molecule has 168 valence electrons. The van der Waals surface area contributed by atoms with E-state index in [1.807, 2.05) is 38.1 Å². The molecule has 0 saturated carbocycles. The Kier molecular flexibility index (Phi) is 7.91. The minimum absolute atomic E-state index is 0.0657. The third-order valence-electron chi connectivity index (χ3n) is 4.85. The number of anilines is 1. The van der Waals surface area contributed by atoms with Crippen molar-refractivity contribution in [3.05, 3.63) is 87.0 Å². The maximum Gasteiger partial charge on any atom is 0.255 e. The zero-order valence-corrected chi connectivity index (χ0v) is 21.1. The van der Waals surface area contributed by atoms with Gasteiger partial charge >= 0.3 is 0 Å². The molecule has 6 nitrogen and oxygen atoms in total. The fourth-order valence-electron chi connectivity index (χ4n) is 3.09. The maximum absolute atomic E-state index is 13.0. The van der Waals surface area contributed by atoms with Crippen molar-refractivity contribution in [3.8, 4) is 5.75 Å².